The highest BCUT2D eigenvalue weighted by Gasteiger charge is 2.40. The largest absolute Gasteiger partial charge is 0.477 e. The molecule has 2 aromatic carbocycles. The molecule has 0 amide bonds. The molecule has 27 heavy (non-hydrogen) atoms. The van der Waals surface area contributed by atoms with E-state index in [4.69, 9.17) is 5.11 Å². The minimum absolute atomic E-state index is 0.0122. The molecule has 0 atom stereocenters. The third-order valence-electron chi connectivity index (χ3n) is 4.07. The second kappa shape index (κ2) is 6.24. The van der Waals surface area contributed by atoms with Crippen molar-refractivity contribution in [3.8, 4) is 22.4 Å². The Bertz CT molecular complexity index is 1130. The number of imidazole rings is 1. The molecule has 4 aromatic rings. The Hall–Kier alpha value is -3.13. The van der Waals surface area contributed by atoms with Gasteiger partial charge in [0, 0.05) is 11.8 Å². The molecule has 0 saturated carbocycles. The lowest BCUT2D eigenvalue weighted by Crippen LogP contribution is -2.13. The Morgan fingerprint density at radius 1 is 0.963 bits per heavy atom. The molecule has 1 N–H and O–H groups in total. The number of nitrogens with zero attached hydrogens (tertiary/aromatic N) is 2. The van der Waals surface area contributed by atoms with Crippen molar-refractivity contribution in [2.45, 2.75) is 6.18 Å². The summed E-state index contributed by atoms with van der Waals surface area (Å²) in [6.45, 7) is 0. The summed E-state index contributed by atoms with van der Waals surface area (Å²) in [5.41, 5.74) is 1.79. The Balaban J connectivity index is 1.77. The van der Waals surface area contributed by atoms with Gasteiger partial charge in [-0.2, -0.15) is 13.2 Å². The van der Waals surface area contributed by atoms with Crippen molar-refractivity contribution in [1.29, 1.82) is 0 Å². The minimum atomic E-state index is -4.79. The van der Waals surface area contributed by atoms with E-state index in [2.05, 4.69) is 4.98 Å². The fourth-order valence-electron chi connectivity index (χ4n) is 2.86. The predicted molar refractivity (Wildman–Crippen MR) is 95.9 cm³/mol. The molecule has 4 nitrogen and oxygen atoms in total. The molecule has 0 aliphatic carbocycles. The zero-order chi connectivity index (χ0) is 19.2. The van der Waals surface area contributed by atoms with Gasteiger partial charge < -0.3 is 5.11 Å². The molecule has 0 aliphatic rings. The van der Waals surface area contributed by atoms with Gasteiger partial charge in [0.2, 0.25) is 0 Å². The van der Waals surface area contributed by atoms with Crippen LogP contribution >= 0.6 is 11.3 Å². The molecule has 0 saturated heterocycles. The van der Waals surface area contributed by atoms with E-state index >= 15 is 0 Å². The highest BCUT2D eigenvalue weighted by atomic mass is 32.1. The first kappa shape index (κ1) is 17.3. The number of thiazole rings is 1. The number of aromatic nitrogens is 2. The number of fused-ring (bicyclic) bond motifs is 1. The molecule has 0 radical (unpaired) electrons. The Kier molecular flexibility index (Phi) is 4.00. The predicted octanol–water partition coefficient (Wildman–Crippen LogP) is 5.45. The highest BCUT2D eigenvalue weighted by molar-refractivity contribution is 7.19. The zero-order valence-corrected chi connectivity index (χ0v) is 14.4. The average Bonchev–Trinajstić information content (AvgIpc) is 3.19. The molecule has 8 heteroatoms. The number of hydrogen-bond donors (Lipinski definition) is 1. The van der Waals surface area contributed by atoms with Crippen LogP contribution in [0.1, 0.15) is 15.4 Å². The summed E-state index contributed by atoms with van der Waals surface area (Å²) in [4.78, 5) is 14.5. The normalized spacial score (nSPS) is 11.8. The Labute approximate surface area is 155 Å². The number of halogens is 3. The van der Waals surface area contributed by atoms with Crippen LogP contribution in [0.2, 0.25) is 0 Å². The maximum absolute atomic E-state index is 13.3. The average molecular weight is 388 g/mol. The maximum Gasteiger partial charge on any atom is 0.433 e. The first-order valence-corrected chi connectivity index (χ1v) is 8.64. The maximum atomic E-state index is 13.3. The van der Waals surface area contributed by atoms with E-state index in [9.17, 15) is 18.0 Å². The second-order valence-electron chi connectivity index (χ2n) is 5.80. The van der Waals surface area contributed by atoms with Crippen LogP contribution in [0.15, 0.2) is 60.8 Å². The molecule has 2 heterocycles. The number of rotatable bonds is 3. The van der Waals surface area contributed by atoms with Gasteiger partial charge in [0.05, 0.1) is 5.69 Å². The summed E-state index contributed by atoms with van der Waals surface area (Å²) in [5.74, 6) is -1.62. The third kappa shape index (κ3) is 3.08. The Morgan fingerprint density at radius 2 is 1.56 bits per heavy atom. The lowest BCUT2D eigenvalue weighted by atomic mass is 10.0. The number of aromatic carboxylic acids is 1. The number of hydrogen-bond acceptors (Lipinski definition) is 3. The van der Waals surface area contributed by atoms with Crippen molar-refractivity contribution >= 4 is 22.3 Å². The monoisotopic (exact) mass is 388 g/mol. The molecule has 0 unspecified atom stereocenters. The summed E-state index contributed by atoms with van der Waals surface area (Å²) < 4.78 is 40.8. The number of carbonyl (C=O) groups is 1. The topological polar surface area (TPSA) is 54.6 Å². The van der Waals surface area contributed by atoms with E-state index in [1.54, 1.807) is 12.1 Å². The number of benzene rings is 2. The van der Waals surface area contributed by atoms with Crippen LogP contribution in [0.4, 0.5) is 13.2 Å². The van der Waals surface area contributed by atoms with E-state index in [0.29, 0.717) is 22.6 Å². The van der Waals surface area contributed by atoms with Crippen LogP contribution in [-0.4, -0.2) is 20.5 Å². The Morgan fingerprint density at radius 3 is 2.15 bits per heavy atom. The standard InChI is InChI=1S/C19H11F3N2O2S/c20-19(21,22)16-15(17(25)26)27-18-23-14(10-24(16)18)13-8-6-12(7-9-13)11-4-2-1-3-5-11/h1-10H,(H,25,26). The molecule has 4 rings (SSSR count). The molecule has 0 fully saturated rings. The summed E-state index contributed by atoms with van der Waals surface area (Å²) in [6.07, 6.45) is -3.57. The van der Waals surface area contributed by atoms with Crippen LogP contribution < -0.4 is 0 Å². The molecule has 136 valence electrons. The second-order valence-corrected chi connectivity index (χ2v) is 6.78. The first-order chi connectivity index (χ1) is 12.8. The SMILES string of the molecule is O=C(O)c1sc2nc(-c3ccc(-c4ccccc4)cc3)cn2c1C(F)(F)F. The van der Waals surface area contributed by atoms with Gasteiger partial charge in [-0.15, -0.1) is 0 Å². The number of carboxylic acids is 1. The van der Waals surface area contributed by atoms with Gasteiger partial charge in [-0.1, -0.05) is 65.9 Å². The van der Waals surface area contributed by atoms with Crippen LogP contribution in [-0.2, 0) is 6.18 Å². The summed E-state index contributed by atoms with van der Waals surface area (Å²) >= 11 is 0.507. The quantitative estimate of drug-likeness (QED) is 0.508. The van der Waals surface area contributed by atoms with Gasteiger partial charge in [-0.05, 0) is 11.1 Å². The van der Waals surface area contributed by atoms with Crippen LogP contribution in [0, 0.1) is 0 Å². The lowest BCUT2D eigenvalue weighted by molar-refractivity contribution is -0.142. The molecule has 0 aliphatic heterocycles. The van der Waals surface area contributed by atoms with Crippen LogP contribution in [0.3, 0.4) is 0 Å². The van der Waals surface area contributed by atoms with E-state index in [1.807, 2.05) is 42.5 Å². The van der Waals surface area contributed by atoms with Crippen molar-refractivity contribution in [2.24, 2.45) is 0 Å². The van der Waals surface area contributed by atoms with Crippen molar-refractivity contribution in [2.75, 3.05) is 0 Å². The van der Waals surface area contributed by atoms with E-state index < -0.39 is 22.7 Å². The van der Waals surface area contributed by atoms with E-state index in [-0.39, 0.29) is 4.96 Å². The minimum Gasteiger partial charge on any atom is -0.477 e. The fourth-order valence-corrected chi connectivity index (χ4v) is 3.82. The van der Waals surface area contributed by atoms with Crippen LogP contribution in [0.5, 0.6) is 0 Å². The zero-order valence-electron chi connectivity index (χ0n) is 13.6. The lowest BCUT2D eigenvalue weighted by Gasteiger charge is -2.06. The third-order valence-corrected chi connectivity index (χ3v) is 5.12. The van der Waals surface area contributed by atoms with Gasteiger partial charge in [-0.25, -0.2) is 9.78 Å². The van der Waals surface area contributed by atoms with Gasteiger partial charge in [0.15, 0.2) is 10.7 Å². The highest BCUT2D eigenvalue weighted by Crippen LogP contribution is 2.38. The van der Waals surface area contributed by atoms with Crippen molar-refractivity contribution in [3.05, 3.63) is 71.4 Å². The summed E-state index contributed by atoms with van der Waals surface area (Å²) in [6, 6.07) is 17.0. The van der Waals surface area contributed by atoms with Crippen LogP contribution in [0.25, 0.3) is 27.3 Å². The molecule has 2 aromatic heterocycles. The molecular weight excluding hydrogens is 377 g/mol. The van der Waals surface area contributed by atoms with Gasteiger partial charge >= 0.3 is 12.1 Å². The van der Waals surface area contributed by atoms with Gasteiger partial charge in [0.1, 0.15) is 4.88 Å². The van der Waals surface area contributed by atoms with Crippen molar-refractivity contribution < 1.29 is 23.1 Å². The molecule has 0 spiro atoms. The van der Waals surface area contributed by atoms with Gasteiger partial charge in [0.25, 0.3) is 0 Å². The van der Waals surface area contributed by atoms with E-state index in [1.165, 1.54) is 6.20 Å². The van der Waals surface area contributed by atoms with Crippen molar-refractivity contribution in [1.82, 2.24) is 9.38 Å². The summed E-state index contributed by atoms with van der Waals surface area (Å²) in [7, 11) is 0. The summed E-state index contributed by atoms with van der Waals surface area (Å²) in [5, 5.41) is 9.04. The van der Waals surface area contributed by atoms with Crippen molar-refractivity contribution in [3.63, 3.8) is 0 Å². The fraction of sp³-hybridized carbons (Fsp3) is 0.0526. The molecular formula is C19H11F3N2O2S. The van der Waals surface area contributed by atoms with E-state index in [0.717, 1.165) is 15.5 Å². The number of carboxylic acid groups (broad SMARTS) is 1. The first-order valence-electron chi connectivity index (χ1n) is 7.83. The molecule has 0 bridgehead atoms. The number of alkyl halides is 3. The van der Waals surface area contributed by atoms with Gasteiger partial charge in [-0.3, -0.25) is 4.40 Å². The smallest absolute Gasteiger partial charge is 0.433 e.